The molecule has 23 heavy (non-hydrogen) atoms. The Labute approximate surface area is 142 Å². The quantitative estimate of drug-likeness (QED) is 0.842. The first-order valence-corrected chi connectivity index (χ1v) is 9.28. The number of nitrogens with zero attached hydrogens (tertiary/aromatic N) is 1. The summed E-state index contributed by atoms with van der Waals surface area (Å²) in [7, 11) is 0. The van der Waals surface area contributed by atoms with Crippen molar-refractivity contribution >= 4 is 17.2 Å². The molecule has 1 unspecified atom stereocenters. The lowest BCUT2D eigenvalue weighted by Crippen LogP contribution is -2.37. The highest BCUT2D eigenvalue weighted by atomic mass is 32.1. The molecule has 1 aliphatic heterocycles. The van der Waals surface area contributed by atoms with E-state index < -0.39 is 0 Å². The maximum atomic E-state index is 12.4. The summed E-state index contributed by atoms with van der Waals surface area (Å²) in [6.45, 7) is 3.21. The highest BCUT2D eigenvalue weighted by Gasteiger charge is 2.20. The van der Waals surface area contributed by atoms with Gasteiger partial charge in [-0.15, -0.1) is 11.3 Å². The minimum absolute atomic E-state index is 0.0881. The van der Waals surface area contributed by atoms with E-state index in [2.05, 4.69) is 33.8 Å². The molecule has 1 fully saturated rings. The summed E-state index contributed by atoms with van der Waals surface area (Å²) in [5, 5.41) is 5.31. The number of nitrogens with one attached hydrogen (secondary N) is 1. The number of hydrogen-bond donors (Lipinski definition) is 1. The van der Waals surface area contributed by atoms with Crippen LogP contribution in [0.1, 0.15) is 35.7 Å². The number of rotatable bonds is 7. The van der Waals surface area contributed by atoms with Crippen LogP contribution in [-0.2, 0) is 11.2 Å². The smallest absolute Gasteiger partial charge is 0.220 e. The van der Waals surface area contributed by atoms with Gasteiger partial charge in [0.05, 0.1) is 6.04 Å². The van der Waals surface area contributed by atoms with Crippen LogP contribution >= 0.6 is 11.3 Å². The maximum Gasteiger partial charge on any atom is 0.220 e. The Balaban J connectivity index is 1.59. The Morgan fingerprint density at radius 2 is 1.91 bits per heavy atom. The number of amides is 1. The topological polar surface area (TPSA) is 32.3 Å². The summed E-state index contributed by atoms with van der Waals surface area (Å²) in [5.41, 5.74) is 1.20. The zero-order valence-corrected chi connectivity index (χ0v) is 14.2. The third kappa shape index (κ3) is 4.91. The van der Waals surface area contributed by atoms with E-state index in [1.807, 2.05) is 24.3 Å². The van der Waals surface area contributed by atoms with Gasteiger partial charge in [0, 0.05) is 17.8 Å². The fourth-order valence-electron chi connectivity index (χ4n) is 3.10. The average molecular weight is 328 g/mol. The maximum absolute atomic E-state index is 12.4. The van der Waals surface area contributed by atoms with Crippen LogP contribution in [0.15, 0.2) is 47.8 Å². The summed E-state index contributed by atoms with van der Waals surface area (Å²) in [4.78, 5) is 16.1. The molecule has 2 heterocycles. The highest BCUT2D eigenvalue weighted by molar-refractivity contribution is 7.09. The van der Waals surface area contributed by atoms with Crippen molar-refractivity contribution in [3.8, 4) is 0 Å². The standard InChI is InChI=1S/C19H24N2OS/c22-19(11-10-17-9-6-14-23-17)20-18(15-21-12-4-5-13-21)16-7-2-1-3-8-16/h1-3,6-9,14,18H,4-5,10-13,15H2,(H,20,22). The zero-order chi connectivity index (χ0) is 15.9. The minimum atomic E-state index is 0.0881. The van der Waals surface area contributed by atoms with Crippen LogP contribution in [0.2, 0.25) is 0 Å². The molecule has 3 rings (SSSR count). The predicted molar refractivity (Wildman–Crippen MR) is 95.6 cm³/mol. The summed E-state index contributed by atoms with van der Waals surface area (Å²) in [6.07, 6.45) is 3.93. The molecule has 1 atom stereocenters. The molecule has 1 aliphatic rings. The monoisotopic (exact) mass is 328 g/mol. The molecule has 1 aromatic heterocycles. The van der Waals surface area contributed by atoms with Crippen molar-refractivity contribution in [1.29, 1.82) is 0 Å². The largest absolute Gasteiger partial charge is 0.348 e. The third-order valence-corrected chi connectivity index (χ3v) is 5.29. The van der Waals surface area contributed by atoms with Gasteiger partial charge in [0.15, 0.2) is 0 Å². The molecule has 0 radical (unpaired) electrons. The van der Waals surface area contributed by atoms with Gasteiger partial charge in [-0.05, 0) is 49.4 Å². The normalized spacial score (nSPS) is 16.3. The van der Waals surface area contributed by atoms with Gasteiger partial charge in [-0.3, -0.25) is 4.79 Å². The molecule has 1 N–H and O–H groups in total. The summed E-state index contributed by atoms with van der Waals surface area (Å²) in [5.74, 6) is 0.145. The SMILES string of the molecule is O=C(CCc1cccs1)NC(CN1CCCC1)c1ccccc1. The van der Waals surface area contributed by atoms with Gasteiger partial charge in [-0.25, -0.2) is 0 Å². The molecule has 1 aromatic carbocycles. The van der Waals surface area contributed by atoms with Crippen molar-refractivity contribution < 1.29 is 4.79 Å². The van der Waals surface area contributed by atoms with E-state index in [9.17, 15) is 4.79 Å². The van der Waals surface area contributed by atoms with Gasteiger partial charge < -0.3 is 10.2 Å². The van der Waals surface area contributed by atoms with Gasteiger partial charge >= 0.3 is 0 Å². The Hall–Kier alpha value is -1.65. The lowest BCUT2D eigenvalue weighted by molar-refractivity contribution is -0.121. The fraction of sp³-hybridized carbons (Fsp3) is 0.421. The van der Waals surface area contributed by atoms with E-state index in [1.165, 1.54) is 23.3 Å². The number of benzene rings is 1. The fourth-order valence-corrected chi connectivity index (χ4v) is 3.81. The van der Waals surface area contributed by atoms with Crippen LogP contribution < -0.4 is 5.32 Å². The van der Waals surface area contributed by atoms with E-state index in [0.29, 0.717) is 6.42 Å². The van der Waals surface area contributed by atoms with Gasteiger partial charge in [0.2, 0.25) is 5.91 Å². The van der Waals surface area contributed by atoms with Crippen LogP contribution in [-0.4, -0.2) is 30.4 Å². The van der Waals surface area contributed by atoms with Crippen LogP contribution in [0, 0.1) is 0 Å². The Bertz CT molecular complexity index is 591. The number of likely N-dealkylation sites (tertiary alicyclic amines) is 1. The third-order valence-electron chi connectivity index (χ3n) is 4.36. The Morgan fingerprint density at radius 3 is 2.61 bits per heavy atom. The van der Waals surface area contributed by atoms with Crippen molar-refractivity contribution in [2.24, 2.45) is 0 Å². The first kappa shape index (κ1) is 16.2. The summed E-state index contributed by atoms with van der Waals surface area (Å²) in [6, 6.07) is 14.6. The van der Waals surface area contributed by atoms with E-state index >= 15 is 0 Å². The van der Waals surface area contributed by atoms with E-state index in [1.54, 1.807) is 11.3 Å². The molecule has 1 saturated heterocycles. The molecule has 122 valence electrons. The Kier molecular flexibility index (Phi) is 5.83. The number of carbonyl (C=O) groups excluding carboxylic acids is 1. The number of aryl methyl sites for hydroxylation is 1. The molecule has 0 aliphatic carbocycles. The van der Waals surface area contributed by atoms with Crippen molar-refractivity contribution in [2.75, 3.05) is 19.6 Å². The second kappa shape index (κ2) is 8.27. The molecule has 0 spiro atoms. The molecule has 2 aromatic rings. The van der Waals surface area contributed by atoms with Crippen LogP contribution in [0.3, 0.4) is 0 Å². The number of hydrogen-bond acceptors (Lipinski definition) is 3. The second-order valence-electron chi connectivity index (χ2n) is 6.12. The van der Waals surface area contributed by atoms with Crippen molar-refractivity contribution in [2.45, 2.75) is 31.7 Å². The molecule has 0 bridgehead atoms. The van der Waals surface area contributed by atoms with E-state index in [0.717, 1.165) is 26.1 Å². The van der Waals surface area contributed by atoms with Crippen LogP contribution in [0.25, 0.3) is 0 Å². The number of thiophene rings is 1. The van der Waals surface area contributed by atoms with Gasteiger partial charge in [0.25, 0.3) is 0 Å². The molecular weight excluding hydrogens is 304 g/mol. The first-order valence-electron chi connectivity index (χ1n) is 8.40. The zero-order valence-electron chi connectivity index (χ0n) is 13.4. The molecule has 1 amide bonds. The van der Waals surface area contributed by atoms with Crippen LogP contribution in [0.5, 0.6) is 0 Å². The first-order chi connectivity index (χ1) is 11.3. The second-order valence-corrected chi connectivity index (χ2v) is 7.15. The van der Waals surface area contributed by atoms with Crippen LogP contribution in [0.4, 0.5) is 0 Å². The highest BCUT2D eigenvalue weighted by Crippen LogP contribution is 2.18. The lowest BCUT2D eigenvalue weighted by atomic mass is 10.1. The summed E-state index contributed by atoms with van der Waals surface area (Å²) >= 11 is 1.72. The van der Waals surface area contributed by atoms with Crippen molar-refractivity contribution in [1.82, 2.24) is 10.2 Å². The lowest BCUT2D eigenvalue weighted by Gasteiger charge is -2.25. The average Bonchev–Trinajstić information content (AvgIpc) is 3.27. The predicted octanol–water partition coefficient (Wildman–Crippen LogP) is 3.63. The molecule has 4 heteroatoms. The van der Waals surface area contributed by atoms with Crippen molar-refractivity contribution in [3.63, 3.8) is 0 Å². The van der Waals surface area contributed by atoms with E-state index in [-0.39, 0.29) is 11.9 Å². The van der Waals surface area contributed by atoms with Gasteiger partial charge in [0.1, 0.15) is 0 Å². The number of carbonyl (C=O) groups is 1. The van der Waals surface area contributed by atoms with Gasteiger partial charge in [-0.1, -0.05) is 36.4 Å². The molecule has 3 nitrogen and oxygen atoms in total. The molecule has 0 saturated carbocycles. The van der Waals surface area contributed by atoms with Gasteiger partial charge in [-0.2, -0.15) is 0 Å². The molecular formula is C19H24N2OS. The summed E-state index contributed by atoms with van der Waals surface area (Å²) < 4.78 is 0. The van der Waals surface area contributed by atoms with E-state index in [4.69, 9.17) is 0 Å². The Morgan fingerprint density at radius 1 is 1.13 bits per heavy atom. The van der Waals surface area contributed by atoms with Crippen molar-refractivity contribution in [3.05, 3.63) is 58.3 Å². The minimum Gasteiger partial charge on any atom is -0.348 e.